The smallest absolute Gasteiger partial charge is 0.234 e. The van der Waals surface area contributed by atoms with Gasteiger partial charge in [-0.1, -0.05) is 6.07 Å². The maximum atomic E-state index is 11.5. The fraction of sp³-hybridized carbons (Fsp3) is 0.538. The molecule has 0 unspecified atom stereocenters. The minimum Gasteiger partial charge on any atom is -0.350 e. The van der Waals surface area contributed by atoms with Gasteiger partial charge in [0.05, 0.1) is 6.54 Å². The molecule has 0 saturated carbocycles. The molecule has 4 heteroatoms. The van der Waals surface area contributed by atoms with Gasteiger partial charge in [0.1, 0.15) is 0 Å². The van der Waals surface area contributed by atoms with Gasteiger partial charge in [-0.3, -0.25) is 9.78 Å². The molecule has 0 aliphatic heterocycles. The monoisotopic (exact) mass is 235 g/mol. The number of carbonyl (C=O) groups is 1. The molecule has 0 bridgehead atoms. The molecule has 0 saturated heterocycles. The van der Waals surface area contributed by atoms with Crippen molar-refractivity contribution in [1.82, 2.24) is 15.6 Å². The zero-order chi connectivity index (χ0) is 12.7. The largest absolute Gasteiger partial charge is 0.350 e. The number of likely N-dealkylation sites (N-methyl/N-ethyl adjacent to an activating group) is 1. The van der Waals surface area contributed by atoms with Crippen molar-refractivity contribution in [2.45, 2.75) is 32.2 Å². The molecule has 0 radical (unpaired) electrons. The topological polar surface area (TPSA) is 54.0 Å². The van der Waals surface area contributed by atoms with Crippen molar-refractivity contribution in [3.8, 4) is 0 Å². The number of nitrogens with zero attached hydrogens (tertiary/aromatic N) is 1. The Balaban J connectivity index is 2.41. The predicted molar refractivity (Wildman–Crippen MR) is 68.7 cm³/mol. The average Bonchev–Trinajstić information content (AvgIpc) is 2.27. The third-order valence-corrected chi connectivity index (χ3v) is 2.58. The summed E-state index contributed by atoms with van der Waals surface area (Å²) in [4.78, 5) is 15.6. The first-order valence-electron chi connectivity index (χ1n) is 5.88. The number of nitrogens with one attached hydrogen (secondary N) is 2. The molecule has 1 aromatic heterocycles. The summed E-state index contributed by atoms with van der Waals surface area (Å²) in [6.45, 7) is 4.43. The molecular weight excluding hydrogens is 214 g/mol. The third kappa shape index (κ3) is 5.45. The molecule has 0 aliphatic carbocycles. The number of hydrogen-bond acceptors (Lipinski definition) is 3. The van der Waals surface area contributed by atoms with Crippen molar-refractivity contribution in [3.05, 3.63) is 30.1 Å². The summed E-state index contributed by atoms with van der Waals surface area (Å²) in [6, 6.07) is 3.99. The first-order chi connectivity index (χ1) is 8.03. The van der Waals surface area contributed by atoms with Gasteiger partial charge in [0.2, 0.25) is 5.91 Å². The van der Waals surface area contributed by atoms with Crippen molar-refractivity contribution in [1.29, 1.82) is 0 Å². The van der Waals surface area contributed by atoms with Crippen LogP contribution in [0, 0.1) is 0 Å². The van der Waals surface area contributed by atoms with Gasteiger partial charge in [-0.2, -0.15) is 0 Å². The van der Waals surface area contributed by atoms with Crippen LogP contribution in [-0.2, 0) is 11.2 Å². The molecule has 1 amide bonds. The molecule has 4 nitrogen and oxygen atoms in total. The van der Waals surface area contributed by atoms with Crippen LogP contribution in [0.25, 0.3) is 0 Å². The number of carbonyl (C=O) groups excluding carboxylic acids is 1. The van der Waals surface area contributed by atoms with E-state index in [-0.39, 0.29) is 11.4 Å². The fourth-order valence-corrected chi connectivity index (χ4v) is 1.65. The van der Waals surface area contributed by atoms with E-state index in [1.165, 1.54) is 5.56 Å². The lowest BCUT2D eigenvalue weighted by Gasteiger charge is -2.26. The van der Waals surface area contributed by atoms with E-state index in [0.29, 0.717) is 6.54 Å². The molecule has 0 aliphatic rings. The van der Waals surface area contributed by atoms with Crippen LogP contribution < -0.4 is 10.6 Å². The second-order valence-corrected chi connectivity index (χ2v) is 4.82. The van der Waals surface area contributed by atoms with Crippen LogP contribution in [0.5, 0.6) is 0 Å². The molecule has 1 aromatic rings. The van der Waals surface area contributed by atoms with Crippen LogP contribution in [0.1, 0.15) is 25.8 Å². The van der Waals surface area contributed by atoms with Crippen molar-refractivity contribution in [2.75, 3.05) is 13.6 Å². The van der Waals surface area contributed by atoms with Gasteiger partial charge in [0.25, 0.3) is 0 Å². The van der Waals surface area contributed by atoms with Crippen LogP contribution in [0.15, 0.2) is 24.5 Å². The Labute approximate surface area is 103 Å². The number of aromatic nitrogens is 1. The van der Waals surface area contributed by atoms with Gasteiger partial charge in [-0.15, -0.1) is 0 Å². The minimum atomic E-state index is -0.191. The van der Waals surface area contributed by atoms with Crippen molar-refractivity contribution in [3.63, 3.8) is 0 Å². The highest BCUT2D eigenvalue weighted by Crippen LogP contribution is 2.12. The zero-order valence-corrected chi connectivity index (χ0v) is 10.8. The van der Waals surface area contributed by atoms with Crippen molar-refractivity contribution >= 4 is 5.91 Å². The van der Waals surface area contributed by atoms with Crippen LogP contribution >= 0.6 is 0 Å². The van der Waals surface area contributed by atoms with Gasteiger partial charge in [-0.05, 0) is 45.4 Å². The Kier molecular flexibility index (Phi) is 5.10. The fourth-order valence-electron chi connectivity index (χ4n) is 1.65. The number of aryl methyl sites for hydroxylation is 1. The second-order valence-electron chi connectivity index (χ2n) is 4.82. The first kappa shape index (κ1) is 13.6. The van der Waals surface area contributed by atoms with Crippen LogP contribution in [-0.4, -0.2) is 30.0 Å². The van der Waals surface area contributed by atoms with E-state index in [2.05, 4.69) is 21.7 Å². The second kappa shape index (κ2) is 6.35. The van der Waals surface area contributed by atoms with E-state index < -0.39 is 0 Å². The highest BCUT2D eigenvalue weighted by molar-refractivity contribution is 5.78. The Bertz CT molecular complexity index is 349. The van der Waals surface area contributed by atoms with E-state index in [1.54, 1.807) is 13.2 Å². The van der Waals surface area contributed by atoms with E-state index in [9.17, 15) is 4.79 Å². The molecule has 94 valence electrons. The third-order valence-electron chi connectivity index (χ3n) is 2.58. The molecule has 2 N–H and O–H groups in total. The standard InChI is InChI=1S/C13H21N3O/c1-13(2,16-12(17)10-14-3)7-6-11-5-4-8-15-9-11/h4-5,8-9,14H,6-7,10H2,1-3H3,(H,16,17). The molecule has 0 aromatic carbocycles. The molecule has 17 heavy (non-hydrogen) atoms. The lowest BCUT2D eigenvalue weighted by molar-refractivity contribution is -0.121. The number of amides is 1. The predicted octanol–water partition coefficient (Wildman–Crippen LogP) is 1.13. The van der Waals surface area contributed by atoms with Crippen LogP contribution in [0.4, 0.5) is 0 Å². The van der Waals surface area contributed by atoms with Gasteiger partial charge in [0.15, 0.2) is 0 Å². The quantitative estimate of drug-likeness (QED) is 0.777. The molecule has 1 rings (SSSR count). The van der Waals surface area contributed by atoms with Crippen molar-refractivity contribution in [2.24, 2.45) is 0 Å². The van der Waals surface area contributed by atoms with E-state index in [1.807, 2.05) is 26.1 Å². The summed E-state index contributed by atoms with van der Waals surface area (Å²) in [5.41, 5.74) is 1.01. The van der Waals surface area contributed by atoms with Crippen molar-refractivity contribution < 1.29 is 4.79 Å². The van der Waals surface area contributed by atoms with E-state index in [4.69, 9.17) is 0 Å². The molecule has 1 heterocycles. The van der Waals surface area contributed by atoms with Gasteiger partial charge >= 0.3 is 0 Å². The lowest BCUT2D eigenvalue weighted by atomic mass is 9.96. The summed E-state index contributed by atoms with van der Waals surface area (Å²) in [7, 11) is 1.77. The Morgan fingerprint density at radius 3 is 2.82 bits per heavy atom. The first-order valence-corrected chi connectivity index (χ1v) is 5.88. The normalized spacial score (nSPS) is 11.2. The van der Waals surface area contributed by atoms with Crippen LogP contribution in [0.2, 0.25) is 0 Å². The summed E-state index contributed by atoms with van der Waals surface area (Å²) in [5, 5.41) is 5.85. The summed E-state index contributed by atoms with van der Waals surface area (Å²) < 4.78 is 0. The van der Waals surface area contributed by atoms with Gasteiger partial charge in [-0.25, -0.2) is 0 Å². The highest BCUT2D eigenvalue weighted by Gasteiger charge is 2.19. The van der Waals surface area contributed by atoms with E-state index in [0.717, 1.165) is 12.8 Å². The Hall–Kier alpha value is -1.42. The number of hydrogen-bond donors (Lipinski definition) is 2. The summed E-state index contributed by atoms with van der Waals surface area (Å²) >= 11 is 0. The summed E-state index contributed by atoms with van der Waals surface area (Å²) in [5.74, 6) is 0.0312. The minimum absolute atomic E-state index is 0.0312. The van der Waals surface area contributed by atoms with Gasteiger partial charge in [0, 0.05) is 17.9 Å². The Morgan fingerprint density at radius 2 is 2.24 bits per heavy atom. The molecule has 0 spiro atoms. The van der Waals surface area contributed by atoms with E-state index >= 15 is 0 Å². The van der Waals surface area contributed by atoms with Crippen LogP contribution in [0.3, 0.4) is 0 Å². The molecule has 0 fully saturated rings. The lowest BCUT2D eigenvalue weighted by Crippen LogP contribution is -2.46. The molecular formula is C13H21N3O. The Morgan fingerprint density at radius 1 is 1.47 bits per heavy atom. The zero-order valence-electron chi connectivity index (χ0n) is 10.8. The maximum Gasteiger partial charge on any atom is 0.234 e. The molecule has 0 atom stereocenters. The summed E-state index contributed by atoms with van der Waals surface area (Å²) in [6.07, 6.45) is 5.45. The maximum absolute atomic E-state index is 11.5. The highest BCUT2D eigenvalue weighted by atomic mass is 16.2. The van der Waals surface area contributed by atoms with Gasteiger partial charge < -0.3 is 10.6 Å². The number of rotatable bonds is 6. The SMILES string of the molecule is CNCC(=O)NC(C)(C)CCc1cccnc1. The number of pyridine rings is 1. The average molecular weight is 235 g/mol.